The van der Waals surface area contributed by atoms with Crippen molar-refractivity contribution in [1.29, 1.82) is 0 Å². The zero-order valence-corrected chi connectivity index (χ0v) is 10.4. The van der Waals surface area contributed by atoms with Gasteiger partial charge in [-0.15, -0.1) is 0 Å². The zero-order valence-electron chi connectivity index (χ0n) is 10.4. The van der Waals surface area contributed by atoms with Gasteiger partial charge in [0.05, 0.1) is 6.42 Å². The van der Waals surface area contributed by atoms with Gasteiger partial charge in [0.2, 0.25) is 5.91 Å². The molecular weight excluding hydrogens is 264 g/mol. The fourth-order valence-electron chi connectivity index (χ4n) is 1.43. The summed E-state index contributed by atoms with van der Waals surface area (Å²) in [5, 5.41) is 19.4. The summed E-state index contributed by atoms with van der Waals surface area (Å²) >= 11 is 0. The number of hydrogen-bond acceptors (Lipinski definition) is 4. The van der Waals surface area contributed by atoms with Crippen molar-refractivity contribution >= 4 is 29.6 Å². The number of carboxylic acid groups (broad SMARTS) is 2. The Balaban J connectivity index is 2.66. The molecule has 1 unspecified atom stereocenters. The molecule has 0 bridgehead atoms. The summed E-state index contributed by atoms with van der Waals surface area (Å²) in [5.74, 6) is -3.41. The second-order valence-corrected chi connectivity index (χ2v) is 4.00. The quantitative estimate of drug-likeness (QED) is 0.438. The number of carboxylic acids is 2. The third-order valence-electron chi connectivity index (χ3n) is 2.33. The second kappa shape index (κ2) is 6.93. The minimum absolute atomic E-state index is 0.529. The summed E-state index contributed by atoms with van der Waals surface area (Å²) in [5.41, 5.74) is 6.76. The van der Waals surface area contributed by atoms with Crippen molar-refractivity contribution in [2.45, 2.75) is 12.5 Å². The molecule has 0 aliphatic carbocycles. The largest absolute Gasteiger partial charge is 0.481 e. The summed E-state index contributed by atoms with van der Waals surface area (Å²) in [6, 6.07) is 5.27. The van der Waals surface area contributed by atoms with E-state index in [1.54, 1.807) is 24.3 Å². The Morgan fingerprint density at radius 1 is 1.30 bits per heavy atom. The SMILES string of the molecule is Nc1cccc(/C=C/C(=O)NC(CC(=O)O)C(=O)O)c1. The number of nitrogen functional groups attached to an aromatic ring is 1. The van der Waals surface area contributed by atoms with Gasteiger partial charge in [0, 0.05) is 11.8 Å². The molecule has 0 saturated heterocycles. The average molecular weight is 278 g/mol. The van der Waals surface area contributed by atoms with Crippen molar-refractivity contribution in [3.05, 3.63) is 35.9 Å². The number of nitrogens with one attached hydrogen (secondary N) is 1. The Morgan fingerprint density at radius 3 is 2.55 bits per heavy atom. The van der Waals surface area contributed by atoms with Gasteiger partial charge in [0.25, 0.3) is 0 Å². The highest BCUT2D eigenvalue weighted by Gasteiger charge is 2.21. The number of rotatable bonds is 6. The maximum atomic E-state index is 11.5. The molecule has 0 aliphatic heterocycles. The number of carbonyl (C=O) groups is 3. The number of anilines is 1. The molecule has 7 heteroatoms. The molecule has 1 rings (SSSR count). The first-order valence-electron chi connectivity index (χ1n) is 5.67. The first-order chi connectivity index (χ1) is 9.38. The van der Waals surface area contributed by atoms with Gasteiger partial charge < -0.3 is 21.3 Å². The maximum Gasteiger partial charge on any atom is 0.326 e. The van der Waals surface area contributed by atoms with Crippen molar-refractivity contribution in [1.82, 2.24) is 5.32 Å². The van der Waals surface area contributed by atoms with E-state index in [0.29, 0.717) is 11.3 Å². The van der Waals surface area contributed by atoms with Crippen molar-refractivity contribution in [3.8, 4) is 0 Å². The molecule has 1 atom stereocenters. The van der Waals surface area contributed by atoms with Crippen LogP contribution in [0.3, 0.4) is 0 Å². The Kier molecular flexibility index (Phi) is 5.28. The van der Waals surface area contributed by atoms with Crippen molar-refractivity contribution in [2.75, 3.05) is 5.73 Å². The normalized spacial score (nSPS) is 12.0. The fraction of sp³-hybridized carbons (Fsp3) is 0.154. The van der Waals surface area contributed by atoms with E-state index in [0.717, 1.165) is 6.08 Å². The predicted molar refractivity (Wildman–Crippen MR) is 71.7 cm³/mol. The predicted octanol–water partition coefficient (Wildman–Crippen LogP) is 0.326. The molecule has 0 spiro atoms. The highest BCUT2D eigenvalue weighted by molar-refractivity contribution is 5.95. The van der Waals surface area contributed by atoms with E-state index in [9.17, 15) is 14.4 Å². The molecule has 0 aromatic heterocycles. The lowest BCUT2D eigenvalue weighted by molar-refractivity contribution is -0.146. The zero-order chi connectivity index (χ0) is 15.1. The number of amides is 1. The van der Waals surface area contributed by atoms with Gasteiger partial charge in [0.15, 0.2) is 0 Å². The van der Waals surface area contributed by atoms with Crippen LogP contribution in [-0.2, 0) is 14.4 Å². The van der Waals surface area contributed by atoms with Crippen molar-refractivity contribution in [3.63, 3.8) is 0 Å². The number of carbonyl (C=O) groups excluding carboxylic acids is 1. The molecule has 20 heavy (non-hydrogen) atoms. The number of nitrogens with two attached hydrogens (primary N) is 1. The lowest BCUT2D eigenvalue weighted by atomic mass is 10.2. The highest BCUT2D eigenvalue weighted by Crippen LogP contribution is 2.07. The van der Waals surface area contributed by atoms with E-state index in [1.807, 2.05) is 0 Å². The van der Waals surface area contributed by atoms with Crippen molar-refractivity contribution in [2.24, 2.45) is 0 Å². The van der Waals surface area contributed by atoms with Crippen LogP contribution < -0.4 is 11.1 Å². The van der Waals surface area contributed by atoms with Gasteiger partial charge in [-0.1, -0.05) is 12.1 Å². The first-order valence-corrected chi connectivity index (χ1v) is 5.67. The molecule has 0 radical (unpaired) electrons. The number of hydrogen-bond donors (Lipinski definition) is 4. The molecule has 1 aromatic carbocycles. The summed E-state index contributed by atoms with van der Waals surface area (Å²) in [6.07, 6.45) is 1.88. The molecule has 0 saturated carbocycles. The van der Waals surface area contributed by atoms with E-state index in [-0.39, 0.29) is 0 Å². The number of benzene rings is 1. The van der Waals surface area contributed by atoms with Gasteiger partial charge in [0.1, 0.15) is 6.04 Å². The highest BCUT2D eigenvalue weighted by atomic mass is 16.4. The molecule has 106 valence electrons. The Bertz CT molecular complexity index is 553. The third-order valence-corrected chi connectivity index (χ3v) is 2.33. The summed E-state index contributed by atoms with van der Waals surface area (Å²) < 4.78 is 0. The van der Waals surface area contributed by atoms with E-state index in [1.165, 1.54) is 6.08 Å². The lowest BCUT2D eigenvalue weighted by Crippen LogP contribution is -2.41. The van der Waals surface area contributed by atoms with Crippen LogP contribution in [0.2, 0.25) is 0 Å². The summed E-state index contributed by atoms with van der Waals surface area (Å²) in [4.78, 5) is 32.7. The minimum atomic E-state index is -1.47. The van der Waals surface area contributed by atoms with Crippen LogP contribution in [-0.4, -0.2) is 34.1 Å². The van der Waals surface area contributed by atoms with Crippen LogP contribution >= 0.6 is 0 Å². The average Bonchev–Trinajstić information content (AvgIpc) is 2.35. The van der Waals surface area contributed by atoms with Gasteiger partial charge >= 0.3 is 11.9 Å². The lowest BCUT2D eigenvalue weighted by Gasteiger charge is -2.10. The van der Waals surface area contributed by atoms with Gasteiger partial charge in [-0.2, -0.15) is 0 Å². The Labute approximate surface area is 114 Å². The van der Waals surface area contributed by atoms with E-state index < -0.39 is 30.3 Å². The minimum Gasteiger partial charge on any atom is -0.481 e. The Hall–Kier alpha value is -2.83. The first kappa shape index (κ1) is 15.2. The smallest absolute Gasteiger partial charge is 0.326 e. The van der Waals surface area contributed by atoms with E-state index in [4.69, 9.17) is 15.9 Å². The van der Waals surface area contributed by atoms with Crippen LogP contribution in [0.4, 0.5) is 5.69 Å². The molecule has 0 fully saturated rings. The monoisotopic (exact) mass is 278 g/mol. The van der Waals surface area contributed by atoms with Crippen LogP contribution in [0.25, 0.3) is 6.08 Å². The molecule has 5 N–H and O–H groups in total. The van der Waals surface area contributed by atoms with E-state index >= 15 is 0 Å². The summed E-state index contributed by atoms with van der Waals surface area (Å²) in [6.45, 7) is 0. The van der Waals surface area contributed by atoms with E-state index in [2.05, 4.69) is 5.32 Å². The molecule has 1 amide bonds. The van der Waals surface area contributed by atoms with Crippen LogP contribution in [0.5, 0.6) is 0 Å². The maximum absolute atomic E-state index is 11.5. The molecule has 0 aliphatic rings. The molecule has 0 heterocycles. The third kappa shape index (κ3) is 5.21. The second-order valence-electron chi connectivity index (χ2n) is 4.00. The fourth-order valence-corrected chi connectivity index (χ4v) is 1.43. The molecule has 1 aromatic rings. The molecular formula is C13H14N2O5. The number of aliphatic carboxylic acids is 2. The summed E-state index contributed by atoms with van der Waals surface area (Å²) in [7, 11) is 0. The topological polar surface area (TPSA) is 130 Å². The van der Waals surface area contributed by atoms with Crippen LogP contribution in [0.15, 0.2) is 30.3 Å². The van der Waals surface area contributed by atoms with Crippen LogP contribution in [0.1, 0.15) is 12.0 Å². The molecule has 7 nitrogen and oxygen atoms in total. The van der Waals surface area contributed by atoms with Gasteiger partial charge in [-0.05, 0) is 23.8 Å². The Morgan fingerprint density at radius 2 is 2.00 bits per heavy atom. The van der Waals surface area contributed by atoms with Crippen LogP contribution in [0, 0.1) is 0 Å². The van der Waals surface area contributed by atoms with Crippen molar-refractivity contribution < 1.29 is 24.6 Å². The van der Waals surface area contributed by atoms with Gasteiger partial charge in [-0.25, -0.2) is 4.79 Å². The van der Waals surface area contributed by atoms with Gasteiger partial charge in [-0.3, -0.25) is 9.59 Å². The standard InChI is InChI=1S/C13H14N2O5/c14-9-3-1-2-8(6-9)4-5-11(16)15-10(13(19)20)7-12(17)18/h1-6,10H,7,14H2,(H,15,16)(H,17,18)(H,19,20)/b5-4+.